The van der Waals surface area contributed by atoms with Crippen LogP contribution in [0.5, 0.6) is 0 Å². The average molecular weight is 404 g/mol. The van der Waals surface area contributed by atoms with Crippen LogP contribution in [0.2, 0.25) is 0 Å². The van der Waals surface area contributed by atoms with Crippen LogP contribution in [0, 0.1) is 13.8 Å². The van der Waals surface area contributed by atoms with Gasteiger partial charge in [-0.1, -0.05) is 6.92 Å². The molecule has 0 bridgehead atoms. The van der Waals surface area contributed by atoms with Crippen molar-refractivity contribution in [1.29, 1.82) is 0 Å². The highest BCUT2D eigenvalue weighted by Gasteiger charge is 2.18. The Morgan fingerprint density at radius 3 is 2.53 bits per heavy atom. The van der Waals surface area contributed by atoms with Gasteiger partial charge in [-0.2, -0.15) is 0 Å². The summed E-state index contributed by atoms with van der Waals surface area (Å²) in [6.45, 7) is 11.1. The summed E-state index contributed by atoms with van der Waals surface area (Å²) in [6, 6.07) is 7.30. The van der Waals surface area contributed by atoms with E-state index in [1.54, 1.807) is 4.40 Å². The lowest BCUT2D eigenvalue weighted by atomic mass is 10.2. The monoisotopic (exact) mass is 404 g/mol. The van der Waals surface area contributed by atoms with E-state index in [1.807, 2.05) is 32.2 Å². The molecule has 0 atom stereocenters. The van der Waals surface area contributed by atoms with Crippen LogP contribution in [0.4, 0.5) is 5.69 Å². The Hall–Kier alpha value is -3.33. The summed E-state index contributed by atoms with van der Waals surface area (Å²) in [4.78, 5) is 26.8. The Kier molecular flexibility index (Phi) is 4.47. The topological polar surface area (TPSA) is 83.9 Å². The number of aromatic nitrogens is 6. The van der Waals surface area contributed by atoms with Crippen molar-refractivity contribution in [3.8, 4) is 11.4 Å². The van der Waals surface area contributed by atoms with Gasteiger partial charge in [-0.15, -0.1) is 14.8 Å². The van der Waals surface area contributed by atoms with Crippen molar-refractivity contribution >= 4 is 17.0 Å². The number of anilines is 1. The first kappa shape index (κ1) is 18.7. The van der Waals surface area contributed by atoms with Crippen LogP contribution < -0.4 is 10.5 Å². The molecule has 0 unspecified atom stereocenters. The van der Waals surface area contributed by atoms with E-state index in [0.717, 1.165) is 44.0 Å². The highest BCUT2D eigenvalue weighted by Crippen LogP contribution is 2.22. The lowest BCUT2D eigenvalue weighted by molar-refractivity contribution is 0.271. The van der Waals surface area contributed by atoms with Crippen molar-refractivity contribution in [2.75, 3.05) is 37.6 Å². The Bertz CT molecular complexity index is 1300. The highest BCUT2D eigenvalue weighted by atomic mass is 16.1. The Balaban J connectivity index is 1.55. The third kappa shape index (κ3) is 3.21. The van der Waals surface area contributed by atoms with Gasteiger partial charge in [0.15, 0.2) is 5.65 Å². The summed E-state index contributed by atoms with van der Waals surface area (Å²) in [5.41, 5.74) is 4.33. The van der Waals surface area contributed by atoms with Crippen molar-refractivity contribution in [3.05, 3.63) is 52.2 Å². The molecular weight excluding hydrogens is 380 g/mol. The Labute approximate surface area is 173 Å². The van der Waals surface area contributed by atoms with Crippen LogP contribution in [0.25, 0.3) is 22.7 Å². The summed E-state index contributed by atoms with van der Waals surface area (Å²) in [5, 5.41) is 8.72. The van der Waals surface area contributed by atoms with E-state index in [2.05, 4.69) is 38.0 Å². The second kappa shape index (κ2) is 7.17. The first-order chi connectivity index (χ1) is 14.5. The molecule has 30 heavy (non-hydrogen) atoms. The maximum Gasteiger partial charge on any atom is 0.258 e. The standard InChI is InChI=1S/C21H24N8O/c1-4-26-7-9-27(10-8-26)16-11-14(2)21-23-18(12-20(30)28(21)13-16)17-5-6-19-22-15(3)24-29(19)25-17/h5-6,11-13H,4,7-10H2,1-3H3. The molecule has 0 saturated carbocycles. The lowest BCUT2D eigenvalue weighted by Gasteiger charge is -2.35. The number of piperazine rings is 1. The summed E-state index contributed by atoms with van der Waals surface area (Å²) in [6.07, 6.45) is 1.90. The minimum Gasteiger partial charge on any atom is -0.368 e. The van der Waals surface area contributed by atoms with Gasteiger partial charge in [0.2, 0.25) is 0 Å². The van der Waals surface area contributed by atoms with Gasteiger partial charge in [0.25, 0.3) is 5.56 Å². The third-order valence-electron chi connectivity index (χ3n) is 5.69. The molecule has 4 aromatic heterocycles. The van der Waals surface area contributed by atoms with Crippen LogP contribution in [0.15, 0.2) is 35.3 Å². The minimum absolute atomic E-state index is 0.121. The molecule has 5 heterocycles. The van der Waals surface area contributed by atoms with Crippen molar-refractivity contribution in [2.24, 2.45) is 0 Å². The fraction of sp³-hybridized carbons (Fsp3) is 0.381. The molecule has 4 aromatic rings. The number of aryl methyl sites for hydroxylation is 2. The predicted molar refractivity (Wildman–Crippen MR) is 115 cm³/mol. The molecular formula is C21H24N8O. The van der Waals surface area contributed by atoms with E-state index >= 15 is 0 Å². The lowest BCUT2D eigenvalue weighted by Crippen LogP contribution is -2.46. The van der Waals surface area contributed by atoms with Gasteiger partial charge >= 0.3 is 0 Å². The first-order valence-electron chi connectivity index (χ1n) is 10.2. The molecule has 5 rings (SSSR count). The first-order valence-corrected chi connectivity index (χ1v) is 10.2. The molecule has 1 saturated heterocycles. The number of hydrogen-bond acceptors (Lipinski definition) is 7. The molecule has 0 N–H and O–H groups in total. The molecule has 9 nitrogen and oxygen atoms in total. The van der Waals surface area contributed by atoms with Gasteiger partial charge in [-0.25, -0.2) is 9.97 Å². The van der Waals surface area contributed by atoms with Crippen LogP contribution in [0.1, 0.15) is 18.3 Å². The Morgan fingerprint density at radius 2 is 1.77 bits per heavy atom. The summed E-state index contributed by atoms with van der Waals surface area (Å²) in [5.74, 6) is 0.648. The molecule has 1 fully saturated rings. The van der Waals surface area contributed by atoms with Crippen molar-refractivity contribution in [3.63, 3.8) is 0 Å². The van der Waals surface area contributed by atoms with E-state index in [1.165, 1.54) is 10.7 Å². The van der Waals surface area contributed by atoms with Gasteiger partial charge in [-0.05, 0) is 44.2 Å². The molecule has 0 amide bonds. The zero-order valence-electron chi connectivity index (χ0n) is 17.4. The number of hydrogen-bond donors (Lipinski definition) is 0. The second-order valence-corrected chi connectivity index (χ2v) is 7.70. The van der Waals surface area contributed by atoms with E-state index in [4.69, 9.17) is 4.98 Å². The number of rotatable bonds is 3. The smallest absolute Gasteiger partial charge is 0.258 e. The second-order valence-electron chi connectivity index (χ2n) is 7.70. The maximum atomic E-state index is 13.0. The van der Waals surface area contributed by atoms with E-state index in [9.17, 15) is 4.79 Å². The maximum absolute atomic E-state index is 13.0. The van der Waals surface area contributed by atoms with Crippen LogP contribution in [-0.4, -0.2) is 66.8 Å². The average Bonchev–Trinajstić information content (AvgIpc) is 3.13. The van der Waals surface area contributed by atoms with Gasteiger partial charge in [0.1, 0.15) is 17.2 Å². The summed E-state index contributed by atoms with van der Waals surface area (Å²) in [7, 11) is 0. The molecule has 1 aliphatic heterocycles. The largest absolute Gasteiger partial charge is 0.368 e. The third-order valence-corrected chi connectivity index (χ3v) is 5.69. The molecule has 0 aromatic carbocycles. The van der Waals surface area contributed by atoms with E-state index in [-0.39, 0.29) is 5.56 Å². The van der Waals surface area contributed by atoms with Gasteiger partial charge in [0.05, 0.1) is 11.4 Å². The molecule has 9 heteroatoms. The number of nitrogens with zero attached hydrogens (tertiary/aromatic N) is 8. The van der Waals surface area contributed by atoms with Gasteiger partial charge < -0.3 is 9.80 Å². The molecule has 1 aliphatic rings. The van der Waals surface area contributed by atoms with E-state index in [0.29, 0.717) is 28.5 Å². The van der Waals surface area contributed by atoms with Crippen LogP contribution in [-0.2, 0) is 0 Å². The fourth-order valence-corrected chi connectivity index (χ4v) is 4.00. The molecule has 0 radical (unpaired) electrons. The number of fused-ring (bicyclic) bond motifs is 2. The highest BCUT2D eigenvalue weighted by molar-refractivity contribution is 5.63. The number of likely N-dealkylation sites (N-methyl/N-ethyl adjacent to an activating group) is 1. The van der Waals surface area contributed by atoms with Crippen molar-refractivity contribution in [2.45, 2.75) is 20.8 Å². The number of pyridine rings is 1. The normalized spacial score (nSPS) is 15.4. The van der Waals surface area contributed by atoms with Crippen molar-refractivity contribution < 1.29 is 0 Å². The molecule has 0 aliphatic carbocycles. The molecule has 0 spiro atoms. The SMILES string of the molecule is CCN1CCN(c2cc(C)c3nc(-c4ccc5nc(C)nn5n4)cc(=O)n3c2)CC1. The van der Waals surface area contributed by atoms with Crippen LogP contribution in [0.3, 0.4) is 0 Å². The predicted octanol–water partition coefficient (Wildman–Crippen LogP) is 1.56. The molecule has 154 valence electrons. The fourth-order valence-electron chi connectivity index (χ4n) is 4.00. The van der Waals surface area contributed by atoms with Gasteiger partial charge in [0, 0.05) is 38.4 Å². The summed E-state index contributed by atoms with van der Waals surface area (Å²) >= 11 is 0. The Morgan fingerprint density at radius 1 is 0.967 bits per heavy atom. The van der Waals surface area contributed by atoms with Gasteiger partial charge in [-0.3, -0.25) is 9.20 Å². The zero-order valence-corrected chi connectivity index (χ0v) is 17.4. The van der Waals surface area contributed by atoms with Crippen LogP contribution >= 0.6 is 0 Å². The zero-order chi connectivity index (χ0) is 20.8. The summed E-state index contributed by atoms with van der Waals surface area (Å²) < 4.78 is 3.11. The van der Waals surface area contributed by atoms with E-state index < -0.39 is 0 Å². The van der Waals surface area contributed by atoms with Crippen molar-refractivity contribution in [1.82, 2.24) is 34.1 Å². The minimum atomic E-state index is -0.121. The quantitative estimate of drug-likeness (QED) is 0.512.